The topological polar surface area (TPSA) is 85.3 Å². The molecule has 1 aliphatic heterocycles. The first-order valence-electron chi connectivity index (χ1n) is 11.4. The number of aliphatic hydroxyl groups is 1. The maximum atomic E-state index is 13.4. The molecule has 0 aliphatic carbocycles. The minimum absolute atomic E-state index is 0.0259. The van der Waals surface area contributed by atoms with Crippen LogP contribution in [0.3, 0.4) is 0 Å². The number of amides is 1. The molecule has 1 heterocycles. The Bertz CT molecular complexity index is 1260. The number of anilines is 1. The molecular formula is C28H27NO6. The molecule has 4 rings (SSSR count). The fourth-order valence-corrected chi connectivity index (χ4v) is 4.21. The average molecular weight is 474 g/mol. The van der Waals surface area contributed by atoms with Gasteiger partial charge in [0.2, 0.25) is 0 Å². The lowest BCUT2D eigenvalue weighted by Crippen LogP contribution is -2.29. The lowest BCUT2D eigenvalue weighted by atomic mass is 9.94. The van der Waals surface area contributed by atoms with E-state index in [1.165, 1.54) is 12.0 Å². The van der Waals surface area contributed by atoms with Gasteiger partial charge < -0.3 is 19.3 Å². The normalized spacial score (nSPS) is 16.9. The monoisotopic (exact) mass is 473 g/mol. The third kappa shape index (κ3) is 4.57. The smallest absolute Gasteiger partial charge is 0.300 e. The Morgan fingerprint density at radius 1 is 0.886 bits per heavy atom. The van der Waals surface area contributed by atoms with E-state index in [2.05, 4.69) is 0 Å². The van der Waals surface area contributed by atoms with Crippen molar-refractivity contribution in [2.24, 2.45) is 0 Å². The molecule has 0 radical (unpaired) electrons. The summed E-state index contributed by atoms with van der Waals surface area (Å²) in [6.45, 7) is 4.73. The van der Waals surface area contributed by atoms with Gasteiger partial charge in [0.25, 0.3) is 11.7 Å². The molecule has 7 heteroatoms. The lowest BCUT2D eigenvalue weighted by molar-refractivity contribution is -0.132. The molecule has 1 saturated heterocycles. The van der Waals surface area contributed by atoms with Gasteiger partial charge in [-0.1, -0.05) is 24.3 Å². The fourth-order valence-electron chi connectivity index (χ4n) is 4.21. The van der Waals surface area contributed by atoms with E-state index in [0.717, 1.165) is 0 Å². The Balaban J connectivity index is 1.92. The van der Waals surface area contributed by atoms with Crippen LogP contribution in [0.5, 0.6) is 17.2 Å². The van der Waals surface area contributed by atoms with Gasteiger partial charge in [0.05, 0.1) is 37.5 Å². The first kappa shape index (κ1) is 23.9. The summed E-state index contributed by atoms with van der Waals surface area (Å²) in [6, 6.07) is 20.0. The maximum Gasteiger partial charge on any atom is 0.300 e. The third-order valence-electron chi connectivity index (χ3n) is 5.72. The number of carbonyl (C=O) groups is 2. The predicted molar refractivity (Wildman–Crippen MR) is 133 cm³/mol. The van der Waals surface area contributed by atoms with Gasteiger partial charge in [-0.25, -0.2) is 0 Å². The summed E-state index contributed by atoms with van der Waals surface area (Å²) < 4.78 is 16.6. The first-order valence-corrected chi connectivity index (χ1v) is 11.4. The van der Waals surface area contributed by atoms with Crippen LogP contribution >= 0.6 is 0 Å². The number of benzene rings is 3. The molecule has 35 heavy (non-hydrogen) atoms. The highest BCUT2D eigenvalue weighted by Gasteiger charge is 2.47. The van der Waals surface area contributed by atoms with Gasteiger partial charge in [0.1, 0.15) is 23.0 Å². The quantitative estimate of drug-likeness (QED) is 0.278. The fraction of sp³-hybridized carbons (Fsp3) is 0.214. The molecule has 1 N–H and O–H groups in total. The Morgan fingerprint density at radius 2 is 1.57 bits per heavy atom. The number of ether oxygens (including phenoxy) is 3. The second-order valence-corrected chi connectivity index (χ2v) is 7.80. The summed E-state index contributed by atoms with van der Waals surface area (Å²) in [5.74, 6) is -0.192. The van der Waals surface area contributed by atoms with Crippen molar-refractivity contribution in [3.8, 4) is 17.2 Å². The molecule has 1 atom stereocenters. The number of hydrogen-bond donors (Lipinski definition) is 1. The highest BCUT2D eigenvalue weighted by molar-refractivity contribution is 6.51. The molecule has 0 bridgehead atoms. The van der Waals surface area contributed by atoms with E-state index < -0.39 is 17.7 Å². The van der Waals surface area contributed by atoms with Crippen LogP contribution in [-0.2, 0) is 9.59 Å². The molecule has 3 aromatic rings. The maximum absolute atomic E-state index is 13.4. The predicted octanol–water partition coefficient (Wildman–Crippen LogP) is 5.12. The van der Waals surface area contributed by atoms with Crippen LogP contribution in [0.4, 0.5) is 5.69 Å². The number of ketones is 1. The van der Waals surface area contributed by atoms with Crippen LogP contribution in [-0.4, -0.2) is 37.1 Å². The van der Waals surface area contributed by atoms with E-state index >= 15 is 0 Å². The lowest BCUT2D eigenvalue weighted by Gasteiger charge is -2.26. The molecule has 0 saturated carbocycles. The Labute approximate surface area is 204 Å². The van der Waals surface area contributed by atoms with Gasteiger partial charge >= 0.3 is 0 Å². The van der Waals surface area contributed by atoms with Crippen molar-refractivity contribution in [2.75, 3.05) is 25.2 Å². The number of nitrogens with zero attached hydrogens (tertiary/aromatic N) is 1. The zero-order valence-corrected chi connectivity index (χ0v) is 19.9. The van der Waals surface area contributed by atoms with Gasteiger partial charge in [-0.15, -0.1) is 0 Å². The molecule has 7 nitrogen and oxygen atoms in total. The Kier molecular flexibility index (Phi) is 7.06. The second kappa shape index (κ2) is 10.3. The van der Waals surface area contributed by atoms with Gasteiger partial charge in [0, 0.05) is 5.69 Å². The van der Waals surface area contributed by atoms with Crippen LogP contribution in [0.25, 0.3) is 5.76 Å². The first-order chi connectivity index (χ1) is 17.0. The van der Waals surface area contributed by atoms with E-state index in [1.807, 2.05) is 13.8 Å². The molecule has 180 valence electrons. The highest BCUT2D eigenvalue weighted by Crippen LogP contribution is 2.44. The third-order valence-corrected chi connectivity index (χ3v) is 5.72. The van der Waals surface area contributed by atoms with Crippen molar-refractivity contribution in [1.29, 1.82) is 0 Å². The van der Waals surface area contributed by atoms with Crippen molar-refractivity contribution < 1.29 is 28.9 Å². The van der Waals surface area contributed by atoms with E-state index in [0.29, 0.717) is 47.3 Å². The van der Waals surface area contributed by atoms with E-state index in [1.54, 1.807) is 72.8 Å². The SMILES string of the molecule is CCOc1ccc(N2C(=O)C(=O)/C(=C(\O)c3ccccc3OC)C2c2cccc(OCC)c2)cc1. The number of hydrogen-bond acceptors (Lipinski definition) is 6. The zero-order valence-electron chi connectivity index (χ0n) is 19.9. The summed E-state index contributed by atoms with van der Waals surface area (Å²) >= 11 is 0. The Morgan fingerprint density at radius 3 is 2.26 bits per heavy atom. The Hall–Kier alpha value is -4.26. The molecule has 1 aliphatic rings. The summed E-state index contributed by atoms with van der Waals surface area (Å²) in [6.07, 6.45) is 0. The molecule has 1 amide bonds. The van der Waals surface area contributed by atoms with Crippen molar-refractivity contribution in [1.82, 2.24) is 0 Å². The average Bonchev–Trinajstić information content (AvgIpc) is 3.15. The van der Waals surface area contributed by atoms with E-state index in [-0.39, 0.29) is 11.3 Å². The largest absolute Gasteiger partial charge is 0.507 e. The number of methoxy groups -OCH3 is 1. The molecule has 1 unspecified atom stereocenters. The number of aliphatic hydroxyl groups excluding tert-OH is 1. The van der Waals surface area contributed by atoms with Crippen LogP contribution < -0.4 is 19.1 Å². The van der Waals surface area contributed by atoms with Crippen LogP contribution in [0.1, 0.15) is 31.0 Å². The summed E-state index contributed by atoms with van der Waals surface area (Å²) in [7, 11) is 1.48. The van der Waals surface area contributed by atoms with Crippen molar-refractivity contribution in [3.63, 3.8) is 0 Å². The van der Waals surface area contributed by atoms with Crippen molar-refractivity contribution in [3.05, 3.63) is 89.5 Å². The minimum Gasteiger partial charge on any atom is -0.507 e. The molecule has 1 fully saturated rings. The number of para-hydroxylation sites is 1. The van der Waals surface area contributed by atoms with E-state index in [9.17, 15) is 14.7 Å². The van der Waals surface area contributed by atoms with E-state index in [4.69, 9.17) is 14.2 Å². The molecule has 0 spiro atoms. The zero-order chi connectivity index (χ0) is 24.9. The van der Waals surface area contributed by atoms with Gasteiger partial charge in [-0.3, -0.25) is 14.5 Å². The molecule has 0 aromatic heterocycles. The summed E-state index contributed by atoms with van der Waals surface area (Å²) in [5.41, 5.74) is 1.43. The van der Waals surface area contributed by atoms with Crippen LogP contribution in [0.15, 0.2) is 78.4 Å². The molecular weight excluding hydrogens is 446 g/mol. The summed E-state index contributed by atoms with van der Waals surface area (Å²) in [5, 5.41) is 11.4. The number of carbonyl (C=O) groups excluding carboxylic acids is 2. The van der Waals surface area contributed by atoms with Gasteiger partial charge in [-0.05, 0) is 67.9 Å². The van der Waals surface area contributed by atoms with Crippen molar-refractivity contribution >= 4 is 23.1 Å². The van der Waals surface area contributed by atoms with Gasteiger partial charge in [-0.2, -0.15) is 0 Å². The number of Topliss-reactive ketones (excluding diaryl/α,β-unsaturated/α-hetero) is 1. The summed E-state index contributed by atoms with van der Waals surface area (Å²) in [4.78, 5) is 28.1. The van der Waals surface area contributed by atoms with Gasteiger partial charge in [0.15, 0.2) is 0 Å². The highest BCUT2D eigenvalue weighted by atomic mass is 16.5. The minimum atomic E-state index is -0.877. The standard InChI is InChI=1S/C28H27NO6/c1-4-34-20-15-13-19(14-16-20)29-25(18-9-8-10-21(17-18)35-5-2)24(27(31)28(29)32)26(30)22-11-6-7-12-23(22)33-3/h6-17,25,30H,4-5H2,1-3H3/b26-24-. The van der Waals surface area contributed by atoms with Crippen molar-refractivity contribution in [2.45, 2.75) is 19.9 Å². The molecule has 3 aromatic carbocycles. The second-order valence-electron chi connectivity index (χ2n) is 7.80. The van der Waals surface area contributed by atoms with Crippen LogP contribution in [0, 0.1) is 0 Å². The van der Waals surface area contributed by atoms with Crippen LogP contribution in [0.2, 0.25) is 0 Å². The number of rotatable bonds is 8.